The summed E-state index contributed by atoms with van der Waals surface area (Å²) >= 11 is 6.37. The number of sulfonamides is 1. The van der Waals surface area contributed by atoms with Gasteiger partial charge < -0.3 is 10.5 Å². The third-order valence-corrected chi connectivity index (χ3v) is 6.45. The van der Waals surface area contributed by atoms with Crippen LogP contribution in [0.1, 0.15) is 22.0 Å². The van der Waals surface area contributed by atoms with Crippen LogP contribution in [0.2, 0.25) is 5.02 Å². The van der Waals surface area contributed by atoms with E-state index in [1.54, 1.807) is 6.07 Å². The van der Waals surface area contributed by atoms with Gasteiger partial charge in [-0.1, -0.05) is 29.8 Å². The number of hydrogen-bond acceptors (Lipinski definition) is 5. The molecule has 0 bridgehead atoms. The van der Waals surface area contributed by atoms with E-state index in [2.05, 4.69) is 9.62 Å². The van der Waals surface area contributed by atoms with Crippen LogP contribution in [-0.4, -0.2) is 52.1 Å². The zero-order valence-corrected chi connectivity index (χ0v) is 16.7. The number of hydrogen-bond donors (Lipinski definition) is 2. The van der Waals surface area contributed by atoms with Crippen LogP contribution in [0, 0.1) is 0 Å². The molecule has 3 N–H and O–H groups in total. The van der Waals surface area contributed by atoms with Crippen LogP contribution < -0.4 is 10.5 Å². The molecular formula is C19H22ClN3O4S. The topological polar surface area (TPSA) is 102 Å². The first-order valence-corrected chi connectivity index (χ1v) is 10.7. The first-order valence-electron chi connectivity index (χ1n) is 8.84. The third kappa shape index (κ3) is 4.89. The minimum Gasteiger partial charge on any atom is -0.379 e. The molecule has 2 aromatic rings. The Kier molecular flexibility index (Phi) is 6.69. The fourth-order valence-electron chi connectivity index (χ4n) is 3.14. The Balaban J connectivity index is 1.80. The maximum Gasteiger partial charge on any atom is 0.248 e. The summed E-state index contributed by atoms with van der Waals surface area (Å²) in [7, 11) is -3.76. The van der Waals surface area contributed by atoms with Gasteiger partial charge in [-0.2, -0.15) is 0 Å². The number of nitrogens with one attached hydrogen (secondary N) is 1. The summed E-state index contributed by atoms with van der Waals surface area (Å²) in [6.45, 7) is 2.70. The minimum atomic E-state index is -3.76. The summed E-state index contributed by atoms with van der Waals surface area (Å²) in [5, 5.41) is 0.587. The van der Waals surface area contributed by atoms with Crippen molar-refractivity contribution in [1.82, 2.24) is 9.62 Å². The lowest BCUT2D eigenvalue weighted by Crippen LogP contribution is -2.43. The van der Waals surface area contributed by atoms with Crippen molar-refractivity contribution in [3.8, 4) is 0 Å². The molecule has 1 unspecified atom stereocenters. The van der Waals surface area contributed by atoms with Crippen LogP contribution in [-0.2, 0) is 14.8 Å². The molecule has 7 nitrogen and oxygen atoms in total. The molecular weight excluding hydrogens is 402 g/mol. The summed E-state index contributed by atoms with van der Waals surface area (Å²) < 4.78 is 33.5. The van der Waals surface area contributed by atoms with Gasteiger partial charge in [-0.15, -0.1) is 0 Å². The molecule has 0 aromatic heterocycles. The number of carbonyl (C=O) groups excluding carboxylic acids is 1. The van der Waals surface area contributed by atoms with Crippen molar-refractivity contribution in [2.75, 3.05) is 32.8 Å². The van der Waals surface area contributed by atoms with Gasteiger partial charge >= 0.3 is 0 Å². The fourth-order valence-corrected chi connectivity index (χ4v) is 4.44. The van der Waals surface area contributed by atoms with Crippen molar-refractivity contribution < 1.29 is 17.9 Å². The van der Waals surface area contributed by atoms with Gasteiger partial charge in [0.05, 0.1) is 18.1 Å². The molecule has 0 spiro atoms. The molecule has 0 aliphatic carbocycles. The molecule has 1 heterocycles. The van der Waals surface area contributed by atoms with E-state index in [0.29, 0.717) is 31.3 Å². The molecule has 1 fully saturated rings. The number of nitrogens with zero attached hydrogens (tertiary/aromatic N) is 1. The lowest BCUT2D eigenvalue weighted by molar-refractivity contribution is 0.0172. The predicted molar refractivity (Wildman–Crippen MR) is 107 cm³/mol. The average Bonchev–Trinajstić information content (AvgIpc) is 2.70. The number of primary amides is 1. The number of morpholine rings is 1. The molecule has 3 rings (SSSR count). The Morgan fingerprint density at radius 3 is 2.39 bits per heavy atom. The Hall–Kier alpha value is -1.97. The molecule has 150 valence electrons. The standard InChI is InChI=1S/C19H22ClN3O4S/c20-17-4-2-1-3-16(17)18(23-9-11-27-12-10-23)13-22-28(25,26)15-7-5-14(6-8-15)19(21)24/h1-8,18,22H,9-13H2,(H2,21,24). The highest BCUT2D eigenvalue weighted by Gasteiger charge is 2.26. The summed E-state index contributed by atoms with van der Waals surface area (Å²) in [5.41, 5.74) is 6.31. The average molecular weight is 424 g/mol. The zero-order chi connectivity index (χ0) is 20.1. The molecule has 1 saturated heterocycles. The Morgan fingerprint density at radius 2 is 1.79 bits per heavy atom. The fraction of sp³-hybridized carbons (Fsp3) is 0.316. The van der Waals surface area contributed by atoms with Crippen molar-refractivity contribution in [2.45, 2.75) is 10.9 Å². The second kappa shape index (κ2) is 9.02. The number of carbonyl (C=O) groups is 1. The Morgan fingerprint density at radius 1 is 1.14 bits per heavy atom. The molecule has 1 amide bonds. The van der Waals surface area contributed by atoms with Gasteiger partial charge in [0, 0.05) is 36.3 Å². The van der Waals surface area contributed by atoms with E-state index in [1.165, 1.54) is 24.3 Å². The number of amides is 1. The normalized spacial score (nSPS) is 16.6. The van der Waals surface area contributed by atoms with Crippen LogP contribution in [0.4, 0.5) is 0 Å². The lowest BCUT2D eigenvalue weighted by Gasteiger charge is -2.35. The Bertz CT molecular complexity index is 928. The van der Waals surface area contributed by atoms with Gasteiger partial charge in [0.1, 0.15) is 0 Å². The smallest absolute Gasteiger partial charge is 0.248 e. The van der Waals surface area contributed by atoms with Crippen molar-refractivity contribution in [3.63, 3.8) is 0 Å². The Labute approximate surface area is 169 Å². The monoisotopic (exact) mass is 423 g/mol. The zero-order valence-electron chi connectivity index (χ0n) is 15.2. The molecule has 1 aliphatic rings. The number of ether oxygens (including phenoxy) is 1. The highest BCUT2D eigenvalue weighted by molar-refractivity contribution is 7.89. The van der Waals surface area contributed by atoms with Gasteiger partial charge in [0.15, 0.2) is 0 Å². The van der Waals surface area contributed by atoms with E-state index in [1.807, 2.05) is 18.2 Å². The van der Waals surface area contributed by atoms with Crippen LogP contribution in [0.5, 0.6) is 0 Å². The second-order valence-corrected chi connectivity index (χ2v) is 8.60. The van der Waals surface area contributed by atoms with E-state index < -0.39 is 15.9 Å². The van der Waals surface area contributed by atoms with Crippen molar-refractivity contribution >= 4 is 27.5 Å². The van der Waals surface area contributed by atoms with Crippen LogP contribution >= 0.6 is 11.6 Å². The molecule has 1 atom stereocenters. The maximum absolute atomic E-state index is 12.7. The van der Waals surface area contributed by atoms with Crippen molar-refractivity contribution in [2.24, 2.45) is 5.73 Å². The number of halogens is 1. The summed E-state index contributed by atoms with van der Waals surface area (Å²) in [4.78, 5) is 13.4. The predicted octanol–water partition coefficient (Wildman–Crippen LogP) is 1.79. The summed E-state index contributed by atoms with van der Waals surface area (Å²) in [6, 6.07) is 12.7. The van der Waals surface area contributed by atoms with Gasteiger partial charge in [0.2, 0.25) is 15.9 Å². The second-order valence-electron chi connectivity index (χ2n) is 6.43. The maximum atomic E-state index is 12.7. The van der Waals surface area contributed by atoms with E-state index in [0.717, 1.165) is 5.56 Å². The van der Waals surface area contributed by atoms with Crippen LogP contribution in [0.3, 0.4) is 0 Å². The van der Waals surface area contributed by atoms with Gasteiger partial charge in [0.25, 0.3) is 0 Å². The molecule has 9 heteroatoms. The van der Waals surface area contributed by atoms with Crippen LogP contribution in [0.15, 0.2) is 53.4 Å². The van der Waals surface area contributed by atoms with Crippen molar-refractivity contribution in [3.05, 3.63) is 64.7 Å². The molecule has 0 saturated carbocycles. The van der Waals surface area contributed by atoms with Crippen molar-refractivity contribution in [1.29, 1.82) is 0 Å². The first-order chi connectivity index (χ1) is 13.4. The third-order valence-electron chi connectivity index (χ3n) is 4.67. The van der Waals surface area contributed by atoms with E-state index >= 15 is 0 Å². The largest absolute Gasteiger partial charge is 0.379 e. The quantitative estimate of drug-likeness (QED) is 0.706. The minimum absolute atomic E-state index is 0.0670. The first kappa shape index (κ1) is 20.8. The summed E-state index contributed by atoms with van der Waals surface area (Å²) in [5.74, 6) is -0.608. The highest BCUT2D eigenvalue weighted by atomic mass is 35.5. The van der Waals surface area contributed by atoms with Gasteiger partial charge in [-0.25, -0.2) is 13.1 Å². The van der Waals surface area contributed by atoms with Gasteiger partial charge in [-0.3, -0.25) is 9.69 Å². The van der Waals surface area contributed by atoms with Gasteiger partial charge in [-0.05, 0) is 35.9 Å². The SMILES string of the molecule is NC(=O)c1ccc(S(=O)(=O)NCC(c2ccccc2Cl)N2CCOCC2)cc1. The molecule has 28 heavy (non-hydrogen) atoms. The van der Waals surface area contributed by atoms with E-state index in [9.17, 15) is 13.2 Å². The van der Waals surface area contributed by atoms with Crippen LogP contribution in [0.25, 0.3) is 0 Å². The molecule has 0 radical (unpaired) electrons. The number of benzene rings is 2. The number of nitrogens with two attached hydrogens (primary N) is 1. The van der Waals surface area contributed by atoms with E-state index in [4.69, 9.17) is 22.1 Å². The molecule has 1 aliphatic heterocycles. The highest BCUT2D eigenvalue weighted by Crippen LogP contribution is 2.28. The molecule has 2 aromatic carbocycles. The van der Waals surface area contributed by atoms with E-state index in [-0.39, 0.29) is 23.0 Å². The number of rotatable bonds is 7. The summed E-state index contributed by atoms with van der Waals surface area (Å²) in [6.07, 6.45) is 0. The lowest BCUT2D eigenvalue weighted by atomic mass is 10.0.